The number of hydrogen-bond acceptors (Lipinski definition) is 2. The quantitative estimate of drug-likeness (QED) is 0.490. The normalized spacial score (nSPS) is 20.9. The number of benzene rings is 3. The molecule has 3 aromatic rings. The molecule has 1 aliphatic carbocycles. The molecule has 3 unspecified atom stereocenters. The molecule has 4 heteroatoms. The number of hydrogen-bond donors (Lipinski definition) is 0. The van der Waals surface area contributed by atoms with Crippen molar-refractivity contribution >= 4 is 34.8 Å². The first-order valence-electron chi connectivity index (χ1n) is 8.71. The lowest BCUT2D eigenvalue weighted by atomic mass is 10.0. The molecule has 1 aliphatic rings. The molecule has 1 saturated carbocycles. The Morgan fingerprint density at radius 3 is 1.56 bits per heavy atom. The van der Waals surface area contributed by atoms with Gasteiger partial charge in [-0.15, -0.1) is 0 Å². The fourth-order valence-corrected chi connectivity index (χ4v) is 3.92. The molecule has 0 bridgehead atoms. The van der Waals surface area contributed by atoms with Gasteiger partial charge in [0.05, 0.1) is 0 Å². The van der Waals surface area contributed by atoms with Gasteiger partial charge in [-0.25, -0.2) is 0 Å². The van der Waals surface area contributed by atoms with Crippen molar-refractivity contribution in [1.82, 2.24) is 0 Å². The number of rotatable bonds is 5. The molecule has 0 N–H and O–H groups in total. The predicted octanol–water partition coefficient (Wildman–Crippen LogP) is 6.09. The molecule has 4 rings (SSSR count). The molecule has 0 spiro atoms. The fraction of sp³-hybridized carbons (Fsp3) is 0.130. The summed E-state index contributed by atoms with van der Waals surface area (Å²) in [6.07, 6.45) is 0. The summed E-state index contributed by atoms with van der Waals surface area (Å²) in [6, 6.07) is 23.3. The maximum absolute atomic E-state index is 13.1. The van der Waals surface area contributed by atoms with E-state index >= 15 is 0 Å². The lowest BCUT2D eigenvalue weighted by molar-refractivity contribution is 0.0906. The average molecular weight is 395 g/mol. The van der Waals surface area contributed by atoms with Gasteiger partial charge in [-0.2, -0.15) is 0 Å². The highest BCUT2D eigenvalue weighted by Crippen LogP contribution is 2.56. The summed E-state index contributed by atoms with van der Waals surface area (Å²) in [4.78, 5) is 26.2. The number of halogens is 2. The van der Waals surface area contributed by atoms with Gasteiger partial charge in [0, 0.05) is 38.9 Å². The summed E-state index contributed by atoms with van der Waals surface area (Å²) < 4.78 is 0. The molecule has 2 nitrogen and oxygen atoms in total. The van der Waals surface area contributed by atoms with Crippen LogP contribution in [0.1, 0.15) is 32.2 Å². The first-order chi connectivity index (χ1) is 13.1. The third-order valence-electron chi connectivity index (χ3n) is 5.07. The first kappa shape index (κ1) is 18.0. The summed E-state index contributed by atoms with van der Waals surface area (Å²) in [6.45, 7) is 0. The van der Waals surface area contributed by atoms with Crippen LogP contribution in [0.15, 0.2) is 78.9 Å². The molecule has 134 valence electrons. The van der Waals surface area contributed by atoms with Crippen LogP contribution in [0.25, 0.3) is 0 Å². The number of ketones is 2. The molecule has 27 heavy (non-hydrogen) atoms. The highest BCUT2D eigenvalue weighted by atomic mass is 35.5. The Morgan fingerprint density at radius 2 is 1.04 bits per heavy atom. The largest absolute Gasteiger partial charge is 0.294 e. The van der Waals surface area contributed by atoms with Crippen molar-refractivity contribution in [2.24, 2.45) is 11.8 Å². The zero-order valence-electron chi connectivity index (χ0n) is 14.3. The molecule has 0 radical (unpaired) electrons. The van der Waals surface area contributed by atoms with Crippen LogP contribution in [0.3, 0.4) is 0 Å². The first-order valence-corrected chi connectivity index (χ1v) is 9.46. The van der Waals surface area contributed by atoms with Crippen LogP contribution in [0.2, 0.25) is 10.0 Å². The lowest BCUT2D eigenvalue weighted by Crippen LogP contribution is -2.09. The molecular formula is C23H16Cl2O2. The maximum atomic E-state index is 13.1. The van der Waals surface area contributed by atoms with Crippen molar-refractivity contribution in [3.8, 4) is 0 Å². The second-order valence-corrected chi connectivity index (χ2v) is 7.60. The third-order valence-corrected chi connectivity index (χ3v) is 5.57. The Kier molecular flexibility index (Phi) is 4.86. The van der Waals surface area contributed by atoms with E-state index in [0.29, 0.717) is 21.2 Å². The van der Waals surface area contributed by atoms with Gasteiger partial charge >= 0.3 is 0 Å². The topological polar surface area (TPSA) is 34.1 Å². The van der Waals surface area contributed by atoms with Crippen LogP contribution in [-0.4, -0.2) is 11.6 Å². The van der Waals surface area contributed by atoms with E-state index in [-0.39, 0.29) is 29.3 Å². The van der Waals surface area contributed by atoms with Crippen molar-refractivity contribution < 1.29 is 9.59 Å². The van der Waals surface area contributed by atoms with E-state index in [1.165, 1.54) is 0 Å². The van der Waals surface area contributed by atoms with E-state index in [4.69, 9.17) is 23.2 Å². The van der Waals surface area contributed by atoms with Crippen LogP contribution in [0, 0.1) is 11.8 Å². The van der Waals surface area contributed by atoms with E-state index in [1.54, 1.807) is 48.5 Å². The Balaban J connectivity index is 1.68. The Morgan fingerprint density at radius 1 is 0.593 bits per heavy atom. The Bertz CT molecular complexity index is 979. The minimum atomic E-state index is -0.375. The van der Waals surface area contributed by atoms with Gasteiger partial charge in [0.1, 0.15) is 0 Å². The molecule has 0 heterocycles. The van der Waals surface area contributed by atoms with Crippen LogP contribution in [0.5, 0.6) is 0 Å². The smallest absolute Gasteiger partial charge is 0.167 e. The van der Waals surface area contributed by atoms with Gasteiger partial charge in [0.15, 0.2) is 11.6 Å². The molecular weight excluding hydrogens is 379 g/mol. The van der Waals surface area contributed by atoms with E-state index < -0.39 is 0 Å². The zero-order valence-corrected chi connectivity index (χ0v) is 15.8. The SMILES string of the molecule is O=C(c1ccccc1)C1C(C(=O)c2ccc(Cl)cc2)C1c1ccc(Cl)cc1. The van der Waals surface area contributed by atoms with Crippen molar-refractivity contribution in [2.45, 2.75) is 5.92 Å². The molecule has 3 atom stereocenters. The highest BCUT2D eigenvalue weighted by molar-refractivity contribution is 6.31. The minimum absolute atomic E-state index is 0.00265. The van der Waals surface area contributed by atoms with Crippen molar-refractivity contribution in [2.75, 3.05) is 0 Å². The Hall–Kier alpha value is -2.42. The van der Waals surface area contributed by atoms with Crippen LogP contribution in [0.4, 0.5) is 0 Å². The van der Waals surface area contributed by atoms with Crippen molar-refractivity contribution in [3.63, 3.8) is 0 Å². The highest BCUT2D eigenvalue weighted by Gasteiger charge is 2.59. The fourth-order valence-electron chi connectivity index (χ4n) is 3.66. The van der Waals surface area contributed by atoms with E-state index in [1.807, 2.05) is 30.3 Å². The van der Waals surface area contributed by atoms with Gasteiger partial charge in [-0.05, 0) is 42.0 Å². The third kappa shape index (κ3) is 3.55. The second-order valence-electron chi connectivity index (χ2n) is 6.73. The second kappa shape index (κ2) is 7.30. The summed E-state index contributed by atoms with van der Waals surface area (Å²) >= 11 is 11.9. The van der Waals surface area contributed by atoms with Gasteiger partial charge in [-0.1, -0.05) is 65.7 Å². The summed E-state index contributed by atoms with van der Waals surface area (Å²) in [7, 11) is 0. The van der Waals surface area contributed by atoms with Crippen LogP contribution < -0.4 is 0 Å². The Labute approximate surface area is 167 Å². The zero-order chi connectivity index (χ0) is 19.0. The van der Waals surface area contributed by atoms with Gasteiger partial charge in [0.25, 0.3) is 0 Å². The molecule has 1 fully saturated rings. The number of carbonyl (C=O) groups excluding carboxylic acids is 2. The van der Waals surface area contributed by atoms with E-state index in [2.05, 4.69) is 0 Å². The van der Waals surface area contributed by atoms with Crippen molar-refractivity contribution in [3.05, 3.63) is 106 Å². The minimum Gasteiger partial charge on any atom is -0.294 e. The van der Waals surface area contributed by atoms with Crippen LogP contribution in [-0.2, 0) is 0 Å². The maximum Gasteiger partial charge on any atom is 0.167 e. The predicted molar refractivity (Wildman–Crippen MR) is 108 cm³/mol. The molecule has 0 saturated heterocycles. The number of carbonyl (C=O) groups is 2. The number of Topliss-reactive ketones (excluding diaryl/α,β-unsaturated/α-hetero) is 2. The van der Waals surface area contributed by atoms with Crippen molar-refractivity contribution in [1.29, 1.82) is 0 Å². The van der Waals surface area contributed by atoms with Gasteiger partial charge < -0.3 is 0 Å². The standard InChI is InChI=1S/C23H16Cl2O2/c24-17-10-6-14(7-11-17)19-20(22(26)15-4-2-1-3-5-15)21(19)23(27)16-8-12-18(25)13-9-16/h1-13,19-21H. The van der Waals surface area contributed by atoms with E-state index in [0.717, 1.165) is 5.56 Å². The van der Waals surface area contributed by atoms with Crippen LogP contribution >= 0.6 is 23.2 Å². The van der Waals surface area contributed by atoms with E-state index in [9.17, 15) is 9.59 Å². The monoisotopic (exact) mass is 394 g/mol. The summed E-state index contributed by atoms with van der Waals surface area (Å²) in [5.74, 6) is -0.904. The molecule has 0 aliphatic heterocycles. The summed E-state index contributed by atoms with van der Waals surface area (Å²) in [5.41, 5.74) is 2.17. The summed E-state index contributed by atoms with van der Waals surface area (Å²) in [5, 5.41) is 1.21. The molecule has 3 aromatic carbocycles. The molecule has 0 aromatic heterocycles. The molecule has 0 amide bonds. The van der Waals surface area contributed by atoms with Gasteiger partial charge in [-0.3, -0.25) is 9.59 Å². The average Bonchev–Trinajstić information content (AvgIpc) is 3.44. The van der Waals surface area contributed by atoms with Gasteiger partial charge in [0.2, 0.25) is 0 Å². The lowest BCUT2D eigenvalue weighted by Gasteiger charge is -2.01.